The van der Waals surface area contributed by atoms with E-state index in [2.05, 4.69) is 20.6 Å². The minimum Gasteiger partial charge on any atom is -0.465 e. The van der Waals surface area contributed by atoms with Crippen LogP contribution < -0.4 is 0 Å². The molecule has 1 saturated carbocycles. The number of hydrogen-bond donors (Lipinski definition) is 2. The molecule has 0 saturated heterocycles. The molecule has 122 valence electrons. The van der Waals surface area contributed by atoms with Crippen LogP contribution in [0.15, 0.2) is 30.3 Å². The number of ether oxygens (including phenoxy) is 1. The average Bonchev–Trinajstić information content (AvgIpc) is 3.23. The van der Waals surface area contributed by atoms with Crippen molar-refractivity contribution in [1.29, 1.82) is 0 Å². The van der Waals surface area contributed by atoms with Crippen LogP contribution in [0, 0.1) is 0 Å². The predicted molar refractivity (Wildman–Crippen MR) is 80.4 cm³/mol. The highest BCUT2D eigenvalue weighted by Crippen LogP contribution is 2.28. The summed E-state index contributed by atoms with van der Waals surface area (Å²) >= 11 is 0. The zero-order valence-electron chi connectivity index (χ0n) is 12.6. The van der Waals surface area contributed by atoms with Gasteiger partial charge in [-0.25, -0.2) is 9.89 Å². The highest BCUT2D eigenvalue weighted by Gasteiger charge is 2.35. The minimum absolute atomic E-state index is 0.139. The number of carbonyl (C=O) groups is 1. The molecule has 1 aromatic heterocycles. The van der Waals surface area contributed by atoms with Gasteiger partial charge in [-0.2, -0.15) is 0 Å². The maximum Gasteiger partial charge on any atom is 0.407 e. The number of amides is 1. The second-order valence-corrected chi connectivity index (χ2v) is 5.59. The molecule has 1 aromatic carbocycles. The van der Waals surface area contributed by atoms with Crippen molar-refractivity contribution in [2.45, 2.75) is 44.6 Å². The average molecular weight is 317 g/mol. The van der Waals surface area contributed by atoms with Crippen LogP contribution in [0.5, 0.6) is 0 Å². The summed E-state index contributed by atoms with van der Waals surface area (Å²) < 4.78 is 5.85. The maximum absolute atomic E-state index is 11.7. The number of benzene rings is 1. The highest BCUT2D eigenvalue weighted by atomic mass is 16.5. The molecule has 0 spiro atoms. The molecular weight excluding hydrogens is 298 g/mol. The number of nitrogens with one attached hydrogen (secondary N) is 1. The first-order valence-corrected chi connectivity index (χ1v) is 7.61. The lowest BCUT2D eigenvalue weighted by atomic mass is 10.1. The van der Waals surface area contributed by atoms with Crippen LogP contribution in [-0.4, -0.2) is 48.9 Å². The second-order valence-electron chi connectivity index (χ2n) is 5.59. The molecule has 1 aliphatic rings. The van der Waals surface area contributed by atoms with Crippen LogP contribution in [0.1, 0.15) is 30.7 Å². The van der Waals surface area contributed by atoms with Crippen LogP contribution >= 0.6 is 0 Å². The van der Waals surface area contributed by atoms with E-state index in [4.69, 9.17) is 4.74 Å². The van der Waals surface area contributed by atoms with Gasteiger partial charge in [-0.05, 0) is 35.3 Å². The monoisotopic (exact) mass is 317 g/mol. The molecule has 8 nitrogen and oxygen atoms in total. The van der Waals surface area contributed by atoms with E-state index in [1.165, 1.54) is 4.90 Å². The zero-order valence-corrected chi connectivity index (χ0v) is 12.6. The summed E-state index contributed by atoms with van der Waals surface area (Å²) in [6, 6.07) is 9.45. The number of tetrazole rings is 1. The number of H-pyrrole nitrogens is 1. The Labute approximate surface area is 133 Å². The van der Waals surface area contributed by atoms with Crippen LogP contribution in [-0.2, 0) is 17.9 Å². The molecule has 23 heavy (non-hydrogen) atoms. The fourth-order valence-electron chi connectivity index (χ4n) is 2.99. The summed E-state index contributed by atoms with van der Waals surface area (Å²) in [5, 5.41) is 23.0. The number of hydrogen-bond acceptors (Lipinski definition) is 5. The molecule has 2 atom stereocenters. The van der Waals surface area contributed by atoms with Gasteiger partial charge in [0.25, 0.3) is 0 Å². The molecule has 2 aromatic rings. The van der Waals surface area contributed by atoms with Gasteiger partial charge in [0, 0.05) is 6.54 Å². The van der Waals surface area contributed by atoms with Gasteiger partial charge in [0.15, 0.2) is 5.82 Å². The molecule has 0 bridgehead atoms. The molecule has 0 aliphatic heterocycles. The maximum atomic E-state index is 11.7. The number of rotatable bonds is 6. The van der Waals surface area contributed by atoms with Crippen molar-refractivity contribution >= 4 is 6.09 Å². The standard InChI is InChI=1S/C15H19N5O3/c21-15(22)20(9-11-5-2-1-3-6-11)12-7-4-8-13(12)23-10-14-16-18-19-17-14/h1-3,5-6,12-13H,4,7-10H2,(H,21,22)(H,16,17,18,19)/t12-,13-/m0/s1. The Balaban J connectivity index is 1.66. The van der Waals surface area contributed by atoms with Gasteiger partial charge in [0.1, 0.15) is 6.61 Å². The van der Waals surface area contributed by atoms with E-state index in [1.54, 1.807) is 0 Å². The minimum atomic E-state index is -0.921. The number of aromatic amines is 1. The Bertz CT molecular complexity index is 619. The largest absolute Gasteiger partial charge is 0.465 e. The lowest BCUT2D eigenvalue weighted by Gasteiger charge is -2.30. The summed E-state index contributed by atoms with van der Waals surface area (Å²) in [5.74, 6) is 0.542. The van der Waals surface area contributed by atoms with E-state index in [-0.39, 0.29) is 18.8 Å². The van der Waals surface area contributed by atoms with Crippen molar-refractivity contribution in [3.05, 3.63) is 41.7 Å². The van der Waals surface area contributed by atoms with Gasteiger partial charge >= 0.3 is 6.09 Å². The Morgan fingerprint density at radius 3 is 2.87 bits per heavy atom. The SMILES string of the molecule is O=C(O)N(Cc1ccccc1)[C@H]1CCC[C@@H]1OCc1nnn[nH]1. The molecule has 1 aliphatic carbocycles. The first kappa shape index (κ1) is 15.4. The Hall–Kier alpha value is -2.48. The summed E-state index contributed by atoms with van der Waals surface area (Å²) in [6.45, 7) is 0.623. The van der Waals surface area contributed by atoms with E-state index in [1.807, 2.05) is 30.3 Å². The third-order valence-corrected chi connectivity index (χ3v) is 4.08. The number of carboxylic acid groups (broad SMARTS) is 1. The van der Waals surface area contributed by atoms with E-state index >= 15 is 0 Å². The van der Waals surface area contributed by atoms with Crippen LogP contribution in [0.4, 0.5) is 4.79 Å². The third kappa shape index (κ3) is 3.84. The highest BCUT2D eigenvalue weighted by molar-refractivity contribution is 5.65. The molecule has 0 unspecified atom stereocenters. The molecule has 0 radical (unpaired) electrons. The van der Waals surface area contributed by atoms with Gasteiger partial charge < -0.3 is 9.84 Å². The van der Waals surface area contributed by atoms with E-state index < -0.39 is 6.09 Å². The van der Waals surface area contributed by atoms with Crippen LogP contribution in [0.3, 0.4) is 0 Å². The lowest BCUT2D eigenvalue weighted by Crippen LogP contribution is -2.44. The van der Waals surface area contributed by atoms with Gasteiger partial charge in [-0.1, -0.05) is 30.3 Å². The number of nitrogens with zero attached hydrogens (tertiary/aromatic N) is 4. The topological polar surface area (TPSA) is 104 Å². The van der Waals surface area contributed by atoms with Crippen molar-refractivity contribution < 1.29 is 14.6 Å². The molecule has 1 fully saturated rings. The van der Waals surface area contributed by atoms with Crippen molar-refractivity contribution in [2.75, 3.05) is 0 Å². The lowest BCUT2D eigenvalue weighted by molar-refractivity contribution is -0.00872. The summed E-state index contributed by atoms with van der Waals surface area (Å²) in [5.41, 5.74) is 0.972. The summed E-state index contributed by atoms with van der Waals surface area (Å²) in [4.78, 5) is 13.2. The van der Waals surface area contributed by atoms with Crippen LogP contribution in [0.25, 0.3) is 0 Å². The summed E-state index contributed by atoms with van der Waals surface area (Å²) in [6.07, 6.45) is 1.53. The fourth-order valence-corrected chi connectivity index (χ4v) is 2.99. The Morgan fingerprint density at radius 2 is 2.17 bits per heavy atom. The zero-order chi connectivity index (χ0) is 16.1. The molecule has 1 amide bonds. The van der Waals surface area contributed by atoms with Crippen molar-refractivity contribution in [1.82, 2.24) is 25.5 Å². The molecular formula is C15H19N5O3. The Morgan fingerprint density at radius 1 is 1.35 bits per heavy atom. The van der Waals surface area contributed by atoms with Crippen molar-refractivity contribution in [2.24, 2.45) is 0 Å². The van der Waals surface area contributed by atoms with E-state index in [0.29, 0.717) is 12.4 Å². The van der Waals surface area contributed by atoms with Crippen molar-refractivity contribution in [3.63, 3.8) is 0 Å². The first-order valence-electron chi connectivity index (χ1n) is 7.61. The van der Waals surface area contributed by atoms with Gasteiger partial charge in [0.2, 0.25) is 0 Å². The van der Waals surface area contributed by atoms with Crippen LogP contribution in [0.2, 0.25) is 0 Å². The molecule has 1 heterocycles. The third-order valence-electron chi connectivity index (χ3n) is 4.08. The van der Waals surface area contributed by atoms with E-state index in [9.17, 15) is 9.90 Å². The molecule has 8 heteroatoms. The van der Waals surface area contributed by atoms with Gasteiger partial charge in [-0.15, -0.1) is 5.10 Å². The molecule has 2 N–H and O–H groups in total. The number of aromatic nitrogens is 4. The van der Waals surface area contributed by atoms with Gasteiger partial charge in [0.05, 0.1) is 12.1 Å². The smallest absolute Gasteiger partial charge is 0.407 e. The normalized spacial score (nSPS) is 20.5. The predicted octanol–water partition coefficient (Wildman–Crippen LogP) is 1.82. The fraction of sp³-hybridized carbons (Fsp3) is 0.467. The van der Waals surface area contributed by atoms with Crippen molar-refractivity contribution in [3.8, 4) is 0 Å². The first-order chi connectivity index (χ1) is 11.2. The van der Waals surface area contributed by atoms with Gasteiger partial charge in [-0.3, -0.25) is 4.90 Å². The Kier molecular flexibility index (Phi) is 4.82. The quantitative estimate of drug-likeness (QED) is 0.842. The molecule has 3 rings (SSSR count). The second kappa shape index (κ2) is 7.19. The summed E-state index contributed by atoms with van der Waals surface area (Å²) in [7, 11) is 0. The van der Waals surface area contributed by atoms with E-state index in [0.717, 1.165) is 24.8 Å².